The summed E-state index contributed by atoms with van der Waals surface area (Å²) in [5, 5.41) is 0. The molecule has 1 unspecified atom stereocenters. The van der Waals surface area contributed by atoms with Crippen molar-refractivity contribution < 1.29 is 17.9 Å². The van der Waals surface area contributed by atoms with Crippen molar-refractivity contribution in [2.24, 2.45) is 0 Å². The van der Waals surface area contributed by atoms with Crippen molar-refractivity contribution >= 4 is 10.0 Å². The predicted octanol–water partition coefficient (Wildman–Crippen LogP) is 3.78. The summed E-state index contributed by atoms with van der Waals surface area (Å²) in [6.45, 7) is 2.47. The second-order valence-electron chi connectivity index (χ2n) is 6.75. The molecule has 0 aliphatic carbocycles. The van der Waals surface area contributed by atoms with Gasteiger partial charge in [-0.05, 0) is 41.7 Å². The van der Waals surface area contributed by atoms with Gasteiger partial charge >= 0.3 is 0 Å². The molecule has 6 heteroatoms. The van der Waals surface area contributed by atoms with Crippen LogP contribution in [0.2, 0.25) is 0 Å². The van der Waals surface area contributed by atoms with Gasteiger partial charge in [0.05, 0.1) is 26.0 Å². The maximum absolute atomic E-state index is 13.1. The van der Waals surface area contributed by atoms with Crippen LogP contribution in [0, 0.1) is 0 Å². The third kappa shape index (κ3) is 3.96. The molecule has 2 aromatic carbocycles. The van der Waals surface area contributed by atoms with Gasteiger partial charge in [-0.1, -0.05) is 43.7 Å². The Morgan fingerprint density at radius 2 is 1.74 bits per heavy atom. The lowest BCUT2D eigenvalue weighted by Gasteiger charge is -2.37. The van der Waals surface area contributed by atoms with Crippen LogP contribution < -0.4 is 9.47 Å². The van der Waals surface area contributed by atoms with Crippen LogP contribution in [0.4, 0.5) is 0 Å². The van der Waals surface area contributed by atoms with Crippen LogP contribution in [0.3, 0.4) is 0 Å². The molecule has 3 rings (SSSR count). The minimum absolute atomic E-state index is 0.176. The van der Waals surface area contributed by atoms with Gasteiger partial charge in [0.15, 0.2) is 11.5 Å². The van der Waals surface area contributed by atoms with Crippen LogP contribution in [0.15, 0.2) is 42.5 Å². The van der Waals surface area contributed by atoms with Gasteiger partial charge in [-0.3, -0.25) is 0 Å². The largest absolute Gasteiger partial charge is 0.493 e. The molecule has 0 spiro atoms. The highest BCUT2D eigenvalue weighted by Gasteiger charge is 2.36. The van der Waals surface area contributed by atoms with Gasteiger partial charge < -0.3 is 9.47 Å². The summed E-state index contributed by atoms with van der Waals surface area (Å²) in [5.41, 5.74) is 3.03. The molecule has 0 fully saturated rings. The predicted molar refractivity (Wildman–Crippen MR) is 107 cm³/mol. The second-order valence-corrected chi connectivity index (χ2v) is 8.79. The molecule has 0 N–H and O–H groups in total. The Labute approximate surface area is 162 Å². The molecule has 0 saturated heterocycles. The smallest absolute Gasteiger partial charge is 0.214 e. The van der Waals surface area contributed by atoms with E-state index < -0.39 is 10.0 Å². The minimum Gasteiger partial charge on any atom is -0.493 e. The molecule has 1 aliphatic rings. The number of hydrogen-bond acceptors (Lipinski definition) is 4. The van der Waals surface area contributed by atoms with Gasteiger partial charge in [-0.2, -0.15) is 4.31 Å². The lowest BCUT2D eigenvalue weighted by Crippen LogP contribution is -2.41. The molecule has 2 aromatic rings. The lowest BCUT2D eigenvalue weighted by atomic mass is 9.89. The highest BCUT2D eigenvalue weighted by Crippen LogP contribution is 2.42. The molecule has 5 nitrogen and oxygen atoms in total. The number of unbranched alkanes of at least 4 members (excludes halogenated alkanes) is 1. The molecule has 0 bridgehead atoms. The highest BCUT2D eigenvalue weighted by molar-refractivity contribution is 7.89. The topological polar surface area (TPSA) is 55.8 Å². The van der Waals surface area contributed by atoms with Crippen molar-refractivity contribution in [1.82, 2.24) is 4.31 Å². The molecule has 27 heavy (non-hydrogen) atoms. The molecule has 0 saturated carbocycles. The number of fused-ring (bicyclic) bond motifs is 1. The van der Waals surface area contributed by atoms with Crippen LogP contribution in [0.25, 0.3) is 0 Å². The van der Waals surface area contributed by atoms with Crippen molar-refractivity contribution in [2.45, 2.75) is 32.2 Å². The Bertz CT molecular complexity index is 881. The Morgan fingerprint density at radius 1 is 1.07 bits per heavy atom. The van der Waals surface area contributed by atoms with E-state index in [1.807, 2.05) is 49.4 Å². The van der Waals surface area contributed by atoms with E-state index in [0.29, 0.717) is 30.9 Å². The maximum Gasteiger partial charge on any atom is 0.214 e. The molecule has 0 aromatic heterocycles. The molecule has 1 atom stereocenters. The molecule has 1 heterocycles. The van der Waals surface area contributed by atoms with Gasteiger partial charge in [0.1, 0.15) is 0 Å². The highest BCUT2D eigenvalue weighted by atomic mass is 32.2. The summed E-state index contributed by atoms with van der Waals surface area (Å²) >= 11 is 0. The average Bonchev–Trinajstić information content (AvgIpc) is 2.70. The average molecular weight is 390 g/mol. The first-order valence-electron chi connectivity index (χ1n) is 9.31. The van der Waals surface area contributed by atoms with Crippen LogP contribution in [-0.2, 0) is 16.4 Å². The molecule has 0 amide bonds. The lowest BCUT2D eigenvalue weighted by molar-refractivity contribution is 0.331. The van der Waals surface area contributed by atoms with Crippen LogP contribution in [0.1, 0.15) is 42.5 Å². The zero-order valence-electron chi connectivity index (χ0n) is 16.1. The van der Waals surface area contributed by atoms with Crippen LogP contribution in [0.5, 0.6) is 11.5 Å². The van der Waals surface area contributed by atoms with Crippen molar-refractivity contribution in [3.63, 3.8) is 0 Å². The molecular formula is C21H27NO4S. The first-order chi connectivity index (χ1) is 13.0. The molecule has 0 radical (unpaired) electrons. The van der Waals surface area contributed by atoms with E-state index in [0.717, 1.165) is 23.1 Å². The van der Waals surface area contributed by atoms with Crippen LogP contribution >= 0.6 is 0 Å². The van der Waals surface area contributed by atoms with E-state index in [2.05, 4.69) is 0 Å². The summed E-state index contributed by atoms with van der Waals surface area (Å²) < 4.78 is 38.7. The molecular weight excluding hydrogens is 362 g/mol. The van der Waals surface area contributed by atoms with Gasteiger partial charge in [0.2, 0.25) is 10.0 Å². The zero-order chi connectivity index (χ0) is 19.4. The summed E-state index contributed by atoms with van der Waals surface area (Å²) in [4.78, 5) is 0. The first kappa shape index (κ1) is 19.7. The normalized spacial score (nSPS) is 17.4. The van der Waals surface area contributed by atoms with E-state index in [1.54, 1.807) is 18.5 Å². The maximum atomic E-state index is 13.1. The number of rotatable bonds is 7. The minimum atomic E-state index is -3.36. The van der Waals surface area contributed by atoms with E-state index in [4.69, 9.17) is 9.47 Å². The fourth-order valence-corrected chi connectivity index (χ4v) is 5.46. The summed E-state index contributed by atoms with van der Waals surface area (Å²) in [6.07, 6.45) is 2.17. The third-order valence-corrected chi connectivity index (χ3v) is 6.97. The zero-order valence-corrected chi connectivity index (χ0v) is 17.0. The number of methoxy groups -OCH3 is 2. The van der Waals surface area contributed by atoms with Gasteiger partial charge in [0.25, 0.3) is 0 Å². The van der Waals surface area contributed by atoms with Crippen LogP contribution in [-0.4, -0.2) is 39.2 Å². The van der Waals surface area contributed by atoms with Crippen molar-refractivity contribution in [3.8, 4) is 11.5 Å². The Kier molecular flexibility index (Phi) is 6.07. The third-order valence-electron chi connectivity index (χ3n) is 5.06. The summed E-state index contributed by atoms with van der Waals surface area (Å²) in [6, 6.07) is 13.3. The van der Waals surface area contributed by atoms with Crippen molar-refractivity contribution in [3.05, 3.63) is 59.2 Å². The Balaban J connectivity index is 2.14. The summed E-state index contributed by atoms with van der Waals surface area (Å²) in [5.74, 6) is 1.46. The van der Waals surface area contributed by atoms with E-state index in [-0.39, 0.29) is 11.8 Å². The monoisotopic (exact) mass is 389 g/mol. The number of benzene rings is 2. The number of nitrogens with zero attached hydrogens (tertiary/aromatic N) is 1. The van der Waals surface area contributed by atoms with Gasteiger partial charge in [-0.15, -0.1) is 0 Å². The Morgan fingerprint density at radius 3 is 2.37 bits per heavy atom. The van der Waals surface area contributed by atoms with Crippen molar-refractivity contribution in [1.29, 1.82) is 0 Å². The quantitative estimate of drug-likeness (QED) is 0.723. The second kappa shape index (κ2) is 8.31. The van der Waals surface area contributed by atoms with E-state index in [1.165, 1.54) is 0 Å². The van der Waals surface area contributed by atoms with Crippen molar-refractivity contribution in [2.75, 3.05) is 26.5 Å². The summed E-state index contributed by atoms with van der Waals surface area (Å²) in [7, 11) is -0.148. The first-order valence-corrected chi connectivity index (χ1v) is 10.9. The number of hydrogen-bond donors (Lipinski definition) is 0. The van der Waals surface area contributed by atoms with E-state index in [9.17, 15) is 8.42 Å². The van der Waals surface area contributed by atoms with E-state index >= 15 is 0 Å². The SMILES string of the molecule is CCCCS(=O)(=O)N1CCc2cc(OC)c(OC)cc2C1c1ccccc1. The fourth-order valence-electron chi connectivity index (χ4n) is 3.65. The standard InChI is InChI=1S/C21H27NO4S/c1-4-5-13-27(23,24)22-12-11-17-14-19(25-2)20(26-3)15-18(17)21(22)16-9-7-6-8-10-16/h6-10,14-15,21H,4-5,11-13H2,1-3H3. The fraction of sp³-hybridized carbons (Fsp3) is 0.429. The number of sulfonamides is 1. The number of ether oxygens (including phenoxy) is 2. The molecule has 146 valence electrons. The molecule has 1 aliphatic heterocycles. The van der Waals surface area contributed by atoms with Gasteiger partial charge in [-0.25, -0.2) is 8.42 Å². The Hall–Kier alpha value is -2.05. The van der Waals surface area contributed by atoms with Gasteiger partial charge in [0, 0.05) is 6.54 Å².